The Hall–Kier alpha value is -3.46. The molecule has 9 nitrogen and oxygen atoms in total. The van der Waals surface area contributed by atoms with Crippen LogP contribution in [0.2, 0.25) is 0 Å². The molecule has 0 spiro atoms. The van der Waals surface area contributed by atoms with Gasteiger partial charge in [-0.3, -0.25) is 19.5 Å². The number of benzene rings is 1. The smallest absolute Gasteiger partial charge is 0.232 e. The summed E-state index contributed by atoms with van der Waals surface area (Å²) in [4.78, 5) is 37.0. The van der Waals surface area contributed by atoms with Crippen molar-refractivity contribution in [2.24, 2.45) is 22.6 Å². The molecule has 0 bridgehead atoms. The Kier molecular flexibility index (Phi) is 5.78. The zero-order chi connectivity index (χ0) is 25.8. The van der Waals surface area contributed by atoms with Gasteiger partial charge < -0.3 is 20.9 Å². The van der Waals surface area contributed by atoms with Crippen LogP contribution in [-0.4, -0.2) is 50.0 Å². The molecule has 3 heterocycles. The quantitative estimate of drug-likeness (QED) is 0.589. The number of aliphatic imine (C=N–C) groups is 1. The summed E-state index contributed by atoms with van der Waals surface area (Å²) < 4.78 is 5.98. The van der Waals surface area contributed by atoms with Crippen LogP contribution in [0.3, 0.4) is 0 Å². The lowest BCUT2D eigenvalue weighted by molar-refractivity contribution is -0.132. The molecular weight excluding hydrogens is 458 g/mol. The Balaban J connectivity index is 1.41. The molecule has 0 radical (unpaired) electrons. The highest BCUT2D eigenvalue weighted by atomic mass is 16.5. The summed E-state index contributed by atoms with van der Waals surface area (Å²) in [6.45, 7) is 7.35. The molecule has 2 amide bonds. The molecule has 0 saturated heterocycles. The fraction of sp³-hybridized carbons (Fsp3) is 0.481. The molecule has 2 aromatic rings. The molecule has 2 aliphatic heterocycles. The molecule has 190 valence electrons. The Labute approximate surface area is 210 Å². The zero-order valence-electron chi connectivity index (χ0n) is 21.0. The molecule has 1 saturated carbocycles. The molecule has 1 aliphatic carbocycles. The summed E-state index contributed by atoms with van der Waals surface area (Å²) in [7, 11) is 0. The topological polar surface area (TPSA) is 130 Å². The summed E-state index contributed by atoms with van der Waals surface area (Å²) in [5, 5.41) is 14.1. The lowest BCUT2D eigenvalue weighted by Crippen LogP contribution is -2.54. The van der Waals surface area contributed by atoms with Crippen molar-refractivity contribution in [3.05, 3.63) is 59.9 Å². The van der Waals surface area contributed by atoms with Gasteiger partial charge >= 0.3 is 0 Å². The number of amides is 2. The molecule has 5 atom stereocenters. The summed E-state index contributed by atoms with van der Waals surface area (Å²) in [5.41, 5.74) is 6.41. The minimum Gasteiger partial charge on any atom is -0.485 e. The van der Waals surface area contributed by atoms with Crippen LogP contribution in [-0.2, 0) is 9.59 Å². The van der Waals surface area contributed by atoms with Crippen LogP contribution in [0.4, 0.5) is 0 Å². The van der Waals surface area contributed by atoms with Gasteiger partial charge in [0.15, 0.2) is 5.96 Å². The number of carbonyl (C=O) groups is 2. The van der Waals surface area contributed by atoms with E-state index < -0.39 is 29.3 Å². The number of nitrogens with zero attached hydrogens (tertiary/aromatic N) is 3. The summed E-state index contributed by atoms with van der Waals surface area (Å²) >= 11 is 0. The third kappa shape index (κ3) is 4.32. The number of fused-ring (bicyclic) bond motifs is 1. The lowest BCUT2D eigenvalue weighted by Gasteiger charge is -2.42. The van der Waals surface area contributed by atoms with Crippen molar-refractivity contribution in [2.75, 3.05) is 0 Å². The minimum atomic E-state index is -0.934. The van der Waals surface area contributed by atoms with Crippen LogP contribution >= 0.6 is 0 Å². The van der Waals surface area contributed by atoms with E-state index in [0.29, 0.717) is 12.2 Å². The van der Waals surface area contributed by atoms with Gasteiger partial charge in [-0.1, -0.05) is 24.3 Å². The lowest BCUT2D eigenvalue weighted by atomic mass is 9.86. The highest BCUT2D eigenvalue weighted by Gasteiger charge is 2.54. The Morgan fingerprint density at radius 3 is 2.67 bits per heavy atom. The summed E-state index contributed by atoms with van der Waals surface area (Å²) in [6.07, 6.45) is 3.25. The number of rotatable bonds is 5. The molecule has 1 aromatic heterocycles. The molecule has 9 heteroatoms. The normalized spacial score (nSPS) is 28.9. The van der Waals surface area contributed by atoms with Gasteiger partial charge in [0.1, 0.15) is 17.5 Å². The number of aromatic nitrogens is 1. The number of aliphatic hydroxyl groups excluding tert-OH is 1. The monoisotopic (exact) mass is 491 g/mol. The Bertz CT molecular complexity index is 1210. The molecule has 3 aliphatic rings. The predicted molar refractivity (Wildman–Crippen MR) is 134 cm³/mol. The second-order valence-corrected chi connectivity index (χ2v) is 11.1. The maximum atomic E-state index is 13.5. The van der Waals surface area contributed by atoms with Gasteiger partial charge in [-0.15, -0.1) is 0 Å². The van der Waals surface area contributed by atoms with Crippen molar-refractivity contribution in [2.45, 2.75) is 69.9 Å². The number of nitrogens with two attached hydrogens (primary N) is 1. The fourth-order valence-electron chi connectivity index (χ4n) is 5.45. The van der Waals surface area contributed by atoms with Gasteiger partial charge in [0, 0.05) is 23.9 Å². The zero-order valence-corrected chi connectivity index (χ0v) is 21.0. The minimum absolute atomic E-state index is 0.122. The Morgan fingerprint density at radius 1 is 1.22 bits per heavy atom. The van der Waals surface area contributed by atoms with E-state index in [1.165, 1.54) is 4.90 Å². The third-order valence-electron chi connectivity index (χ3n) is 7.36. The van der Waals surface area contributed by atoms with Gasteiger partial charge in [-0.05, 0) is 57.7 Å². The van der Waals surface area contributed by atoms with E-state index in [0.717, 1.165) is 11.1 Å². The third-order valence-corrected chi connectivity index (χ3v) is 7.36. The molecule has 1 aromatic carbocycles. The van der Waals surface area contributed by atoms with E-state index in [-0.39, 0.29) is 36.0 Å². The number of para-hydroxylation sites is 1. The number of hydrogen-bond donors (Lipinski definition) is 3. The molecule has 36 heavy (non-hydrogen) atoms. The number of pyridine rings is 1. The van der Waals surface area contributed by atoms with Crippen molar-refractivity contribution in [3.63, 3.8) is 0 Å². The van der Waals surface area contributed by atoms with Crippen molar-refractivity contribution < 1.29 is 19.4 Å². The van der Waals surface area contributed by atoms with Crippen LogP contribution in [0.5, 0.6) is 5.75 Å². The van der Waals surface area contributed by atoms with Crippen LogP contribution < -0.4 is 15.8 Å². The van der Waals surface area contributed by atoms with Crippen molar-refractivity contribution in [1.82, 2.24) is 15.2 Å². The average molecular weight is 492 g/mol. The highest BCUT2D eigenvalue weighted by molar-refractivity contribution is 5.99. The van der Waals surface area contributed by atoms with Crippen molar-refractivity contribution in [1.29, 1.82) is 0 Å². The number of hydrogen-bond acceptors (Lipinski definition) is 7. The molecular formula is C27H33N5O4. The SMILES string of the molecule is CC1(C)CC(=O)N(C(c2cccnc2)[C@@H]2C[C@H]2C(=O)N[C@@H]2c3ccccc3OC(C)(C)[C@H]2O)C(N)=N1. The predicted octanol–water partition coefficient (Wildman–Crippen LogP) is 2.47. The summed E-state index contributed by atoms with van der Waals surface area (Å²) in [5.74, 6) is -0.00557. The number of aliphatic hydroxyl groups is 1. The van der Waals surface area contributed by atoms with Gasteiger partial charge in [-0.25, -0.2) is 4.99 Å². The van der Waals surface area contributed by atoms with Crippen molar-refractivity contribution in [3.8, 4) is 5.75 Å². The summed E-state index contributed by atoms with van der Waals surface area (Å²) in [6, 6.07) is 10.1. The van der Waals surface area contributed by atoms with E-state index in [1.54, 1.807) is 26.2 Å². The van der Waals surface area contributed by atoms with Crippen LogP contribution in [0, 0.1) is 11.8 Å². The van der Waals surface area contributed by atoms with E-state index >= 15 is 0 Å². The first-order valence-electron chi connectivity index (χ1n) is 12.3. The number of carbonyl (C=O) groups excluding carboxylic acids is 2. The average Bonchev–Trinajstić information content (AvgIpc) is 3.59. The Morgan fingerprint density at radius 2 is 1.97 bits per heavy atom. The van der Waals surface area contributed by atoms with Crippen LogP contribution in [0.1, 0.15) is 63.7 Å². The number of nitrogens with one attached hydrogen (secondary N) is 1. The van der Waals surface area contributed by atoms with Gasteiger partial charge in [-0.2, -0.15) is 0 Å². The maximum absolute atomic E-state index is 13.5. The van der Waals surface area contributed by atoms with Crippen molar-refractivity contribution >= 4 is 17.8 Å². The fourth-order valence-corrected chi connectivity index (χ4v) is 5.45. The van der Waals surface area contributed by atoms with Crippen LogP contribution in [0.15, 0.2) is 53.8 Å². The molecule has 4 N–H and O–H groups in total. The number of ether oxygens (including phenoxy) is 1. The second-order valence-electron chi connectivity index (χ2n) is 11.1. The number of guanidine groups is 1. The van der Waals surface area contributed by atoms with Gasteiger partial charge in [0.2, 0.25) is 11.8 Å². The first kappa shape index (κ1) is 24.2. The highest BCUT2D eigenvalue weighted by Crippen LogP contribution is 2.51. The first-order valence-corrected chi connectivity index (χ1v) is 12.3. The molecule has 1 unspecified atom stereocenters. The van der Waals surface area contributed by atoms with E-state index in [2.05, 4.69) is 15.3 Å². The van der Waals surface area contributed by atoms with E-state index in [4.69, 9.17) is 10.5 Å². The standard InChI is InChI=1S/C27H33N5O4/c1-26(2)13-20(33)32(25(28)31-26)22(15-8-7-11-29-14-15)17-12-18(17)24(35)30-21-16-9-5-6-10-19(16)36-27(3,4)23(21)34/h5-11,14,17-18,21-23,34H,12-13H2,1-4H3,(H2,28,31)(H,30,35)/t17-,18-,21-,22?,23+/m1/s1. The van der Waals surface area contributed by atoms with E-state index in [1.807, 2.05) is 50.2 Å². The molecule has 1 fully saturated rings. The van der Waals surface area contributed by atoms with Gasteiger partial charge in [0.25, 0.3) is 0 Å². The van der Waals surface area contributed by atoms with E-state index in [9.17, 15) is 14.7 Å². The second kappa shape index (κ2) is 8.58. The first-order chi connectivity index (χ1) is 17.0. The van der Waals surface area contributed by atoms with Crippen LogP contribution in [0.25, 0.3) is 0 Å². The maximum Gasteiger partial charge on any atom is 0.232 e. The van der Waals surface area contributed by atoms with Gasteiger partial charge in [0.05, 0.1) is 24.0 Å². The molecule has 5 rings (SSSR count). The largest absolute Gasteiger partial charge is 0.485 e.